The fraction of sp³-hybridized carbons (Fsp3) is 0.562. The van der Waals surface area contributed by atoms with E-state index in [1.54, 1.807) is 0 Å². The Morgan fingerprint density at radius 3 is 2.44 bits per heavy atom. The molecular weight excluding hydrogens is 224 g/mol. The first-order chi connectivity index (χ1) is 8.76. The van der Waals surface area contributed by atoms with Crippen molar-refractivity contribution < 1.29 is 9.90 Å². The first-order valence-electron chi connectivity index (χ1n) is 6.98. The van der Waals surface area contributed by atoms with Crippen LogP contribution in [0.2, 0.25) is 0 Å². The van der Waals surface area contributed by atoms with E-state index in [9.17, 15) is 9.90 Å². The summed E-state index contributed by atoms with van der Waals surface area (Å²) >= 11 is 0. The monoisotopic (exact) mass is 248 g/mol. The van der Waals surface area contributed by atoms with Gasteiger partial charge in [0.15, 0.2) is 0 Å². The lowest BCUT2D eigenvalue weighted by Gasteiger charge is -2.10. The molecule has 1 unspecified atom stereocenters. The Morgan fingerprint density at radius 2 is 1.83 bits per heavy atom. The minimum absolute atomic E-state index is 0.187. The number of carbonyl (C=O) groups is 1. The summed E-state index contributed by atoms with van der Waals surface area (Å²) < 4.78 is 0. The van der Waals surface area contributed by atoms with E-state index in [0.29, 0.717) is 5.56 Å². The number of hydrogen-bond acceptors (Lipinski definition) is 2. The van der Waals surface area contributed by atoms with Crippen molar-refractivity contribution in [3.63, 3.8) is 0 Å². The normalized spacial score (nSPS) is 12.3. The summed E-state index contributed by atoms with van der Waals surface area (Å²) in [6.45, 7) is 2.19. The minimum atomic E-state index is -0.187. The summed E-state index contributed by atoms with van der Waals surface area (Å²) in [6, 6.07) is 7.59. The molecule has 0 amide bonds. The number of aliphatic hydroxyl groups excluding tert-OH is 1. The van der Waals surface area contributed by atoms with E-state index < -0.39 is 0 Å². The average Bonchev–Trinajstić information content (AvgIpc) is 2.42. The van der Waals surface area contributed by atoms with Gasteiger partial charge < -0.3 is 5.11 Å². The van der Waals surface area contributed by atoms with Crippen molar-refractivity contribution in [2.45, 2.75) is 58.0 Å². The molecule has 1 N–H and O–H groups in total. The van der Waals surface area contributed by atoms with Crippen molar-refractivity contribution in [1.82, 2.24) is 0 Å². The van der Waals surface area contributed by atoms with Crippen molar-refractivity contribution in [3.8, 4) is 0 Å². The average molecular weight is 248 g/mol. The lowest BCUT2D eigenvalue weighted by Crippen LogP contribution is -2.07. The molecule has 2 nitrogen and oxygen atoms in total. The number of unbranched alkanes of at least 4 members (excludes halogenated alkanes) is 3. The Hall–Kier alpha value is -1.15. The summed E-state index contributed by atoms with van der Waals surface area (Å²) in [7, 11) is 0. The Bertz CT molecular complexity index is 329. The number of hydrogen-bond donors (Lipinski definition) is 1. The Kier molecular flexibility index (Phi) is 7.35. The molecule has 100 valence electrons. The van der Waals surface area contributed by atoms with Gasteiger partial charge in [0, 0.05) is 5.56 Å². The van der Waals surface area contributed by atoms with E-state index in [0.717, 1.165) is 32.0 Å². The standard InChI is InChI=1S/C16H24O2/c1-2-3-4-5-6-16(18)12-11-14-7-9-15(13-17)10-8-14/h7-10,13,16,18H,2-6,11-12H2,1H3. The highest BCUT2D eigenvalue weighted by Gasteiger charge is 2.04. The predicted molar refractivity (Wildman–Crippen MR) is 74.9 cm³/mol. The molecule has 18 heavy (non-hydrogen) atoms. The van der Waals surface area contributed by atoms with E-state index in [4.69, 9.17) is 0 Å². The van der Waals surface area contributed by atoms with Gasteiger partial charge in [0.1, 0.15) is 6.29 Å². The van der Waals surface area contributed by atoms with Crippen molar-refractivity contribution in [2.75, 3.05) is 0 Å². The van der Waals surface area contributed by atoms with Gasteiger partial charge >= 0.3 is 0 Å². The maximum atomic E-state index is 10.5. The number of rotatable bonds is 9. The lowest BCUT2D eigenvalue weighted by molar-refractivity contribution is 0.112. The first kappa shape index (κ1) is 14.9. The topological polar surface area (TPSA) is 37.3 Å². The molecule has 0 saturated carbocycles. The summed E-state index contributed by atoms with van der Waals surface area (Å²) in [6.07, 6.45) is 8.12. The van der Waals surface area contributed by atoms with Crippen LogP contribution in [0.5, 0.6) is 0 Å². The van der Waals surface area contributed by atoms with Crippen molar-refractivity contribution in [2.24, 2.45) is 0 Å². The van der Waals surface area contributed by atoms with Crippen LogP contribution in [0.1, 0.15) is 61.4 Å². The molecule has 0 spiro atoms. The van der Waals surface area contributed by atoms with Gasteiger partial charge in [-0.2, -0.15) is 0 Å². The van der Waals surface area contributed by atoms with Crippen molar-refractivity contribution in [1.29, 1.82) is 0 Å². The van der Waals surface area contributed by atoms with Gasteiger partial charge in [-0.05, 0) is 24.8 Å². The molecule has 0 radical (unpaired) electrons. The fourth-order valence-electron chi connectivity index (χ4n) is 2.05. The van der Waals surface area contributed by atoms with Crippen LogP contribution in [0, 0.1) is 0 Å². The van der Waals surface area contributed by atoms with Crippen LogP contribution in [-0.2, 0) is 6.42 Å². The van der Waals surface area contributed by atoms with E-state index in [-0.39, 0.29) is 6.10 Å². The molecule has 1 atom stereocenters. The molecule has 1 aromatic rings. The second kappa shape index (κ2) is 8.87. The maximum Gasteiger partial charge on any atom is 0.150 e. The maximum absolute atomic E-state index is 10.5. The zero-order valence-electron chi connectivity index (χ0n) is 11.3. The van der Waals surface area contributed by atoms with E-state index in [1.165, 1.54) is 24.8 Å². The number of aryl methyl sites for hydroxylation is 1. The van der Waals surface area contributed by atoms with Gasteiger partial charge in [-0.3, -0.25) is 4.79 Å². The number of benzene rings is 1. The molecule has 0 heterocycles. The van der Waals surface area contributed by atoms with Crippen LogP contribution in [0.15, 0.2) is 24.3 Å². The largest absolute Gasteiger partial charge is 0.393 e. The van der Waals surface area contributed by atoms with Crippen LogP contribution in [-0.4, -0.2) is 17.5 Å². The summed E-state index contributed by atoms with van der Waals surface area (Å²) in [5.74, 6) is 0. The van der Waals surface area contributed by atoms with Gasteiger partial charge in [0.25, 0.3) is 0 Å². The molecule has 1 rings (SSSR count). The van der Waals surface area contributed by atoms with Crippen molar-refractivity contribution in [3.05, 3.63) is 35.4 Å². The second-order valence-corrected chi connectivity index (χ2v) is 4.90. The Balaban J connectivity index is 2.20. The molecule has 0 aliphatic rings. The van der Waals surface area contributed by atoms with Crippen LogP contribution in [0.4, 0.5) is 0 Å². The quantitative estimate of drug-likeness (QED) is 0.533. The highest BCUT2D eigenvalue weighted by molar-refractivity contribution is 5.74. The van der Waals surface area contributed by atoms with Crippen molar-refractivity contribution >= 4 is 6.29 Å². The molecule has 0 saturated heterocycles. The number of carbonyl (C=O) groups excluding carboxylic acids is 1. The summed E-state index contributed by atoms with van der Waals surface area (Å²) in [5, 5.41) is 9.85. The molecule has 0 aliphatic carbocycles. The van der Waals surface area contributed by atoms with Gasteiger partial charge in [-0.15, -0.1) is 0 Å². The van der Waals surface area contributed by atoms with E-state index in [2.05, 4.69) is 6.92 Å². The van der Waals surface area contributed by atoms with Crippen LogP contribution < -0.4 is 0 Å². The van der Waals surface area contributed by atoms with Crippen LogP contribution >= 0.6 is 0 Å². The van der Waals surface area contributed by atoms with Gasteiger partial charge in [-0.25, -0.2) is 0 Å². The highest BCUT2D eigenvalue weighted by Crippen LogP contribution is 2.12. The number of aliphatic hydroxyl groups is 1. The highest BCUT2D eigenvalue weighted by atomic mass is 16.3. The molecule has 0 bridgehead atoms. The molecule has 0 aromatic heterocycles. The third kappa shape index (κ3) is 5.97. The van der Waals surface area contributed by atoms with Gasteiger partial charge in [0.2, 0.25) is 0 Å². The SMILES string of the molecule is CCCCCCC(O)CCc1ccc(C=O)cc1. The van der Waals surface area contributed by atoms with Crippen LogP contribution in [0.25, 0.3) is 0 Å². The smallest absolute Gasteiger partial charge is 0.150 e. The molecular formula is C16H24O2. The van der Waals surface area contributed by atoms with Gasteiger partial charge in [0.05, 0.1) is 6.10 Å². The van der Waals surface area contributed by atoms with Crippen LogP contribution in [0.3, 0.4) is 0 Å². The van der Waals surface area contributed by atoms with E-state index in [1.807, 2.05) is 24.3 Å². The summed E-state index contributed by atoms with van der Waals surface area (Å²) in [5.41, 5.74) is 1.90. The molecule has 0 fully saturated rings. The molecule has 0 aliphatic heterocycles. The van der Waals surface area contributed by atoms with E-state index >= 15 is 0 Å². The third-order valence-electron chi connectivity index (χ3n) is 3.27. The number of aldehydes is 1. The predicted octanol–water partition coefficient (Wildman–Crippen LogP) is 3.76. The minimum Gasteiger partial charge on any atom is -0.393 e. The lowest BCUT2D eigenvalue weighted by atomic mass is 10.0. The van der Waals surface area contributed by atoms with Gasteiger partial charge in [-0.1, -0.05) is 56.9 Å². The second-order valence-electron chi connectivity index (χ2n) is 4.90. The fourth-order valence-corrected chi connectivity index (χ4v) is 2.05. The third-order valence-corrected chi connectivity index (χ3v) is 3.27. The zero-order chi connectivity index (χ0) is 13.2. The summed E-state index contributed by atoms with van der Waals surface area (Å²) in [4.78, 5) is 10.5. The zero-order valence-corrected chi connectivity index (χ0v) is 11.3. The molecule has 2 heteroatoms. The Morgan fingerprint density at radius 1 is 1.11 bits per heavy atom. The Labute approximate surface area is 110 Å². The molecule has 1 aromatic carbocycles. The first-order valence-corrected chi connectivity index (χ1v) is 6.98.